The van der Waals surface area contributed by atoms with E-state index in [1.54, 1.807) is 0 Å². The molecule has 57 heavy (non-hydrogen) atoms. The smallest absolute Gasteiger partial charge is 0.387 e. The standard InChI is InChI=1S/C24H42O29S4/c1-5-14(50-54(31,32)33)9(25)10(26)22(44-5)48-19-12(28)24(46-7(3)16(19)52-56(37,38)39)49-20-13(29)23(45-8(4)17(20)53-57(40,41)42)47-18-11(27)21(30)43-6(2)15(18)51-55(34,35)36/h5-30H,1-4H3,(H,31,32,33)(H,34,35,36)(H,37,38,39)(H,40,41,42)/t5-,6-,7-,8-,9-,10-,11-,12-,13-,14+,15+,16+,17+,18-,19-,20-,21+,22-,23-,24-/m0/s1. The third kappa shape index (κ3) is 12.5. The highest BCUT2D eigenvalue weighted by Gasteiger charge is 2.57. The molecular weight excluding hydrogens is 881 g/mol. The van der Waals surface area contributed by atoms with Gasteiger partial charge in [-0.1, -0.05) is 0 Å². The average Bonchev–Trinajstić information content (AvgIpc) is 3.04. The summed E-state index contributed by atoms with van der Waals surface area (Å²) in [5.74, 6) is 0. The van der Waals surface area contributed by atoms with E-state index in [9.17, 15) is 78.0 Å². The summed E-state index contributed by atoms with van der Waals surface area (Å²) < 4.78 is 186. The lowest BCUT2D eigenvalue weighted by Gasteiger charge is -2.49. The van der Waals surface area contributed by atoms with E-state index in [0.717, 1.165) is 27.7 Å². The van der Waals surface area contributed by atoms with Crippen LogP contribution < -0.4 is 0 Å². The van der Waals surface area contributed by atoms with Gasteiger partial charge in [0.2, 0.25) is 0 Å². The molecule has 336 valence electrons. The van der Waals surface area contributed by atoms with E-state index in [1.807, 2.05) is 0 Å². The lowest BCUT2D eigenvalue weighted by Crippen LogP contribution is -2.67. The predicted octanol–water partition coefficient (Wildman–Crippen LogP) is -6.33. The Kier molecular flexibility index (Phi) is 15.5. The molecule has 4 aliphatic rings. The van der Waals surface area contributed by atoms with Crippen molar-refractivity contribution < 1.29 is 132 Å². The molecule has 0 aromatic carbocycles. The van der Waals surface area contributed by atoms with E-state index in [-0.39, 0.29) is 0 Å². The van der Waals surface area contributed by atoms with Crippen molar-refractivity contribution in [3.63, 3.8) is 0 Å². The van der Waals surface area contributed by atoms with E-state index in [2.05, 4.69) is 16.7 Å². The van der Waals surface area contributed by atoms with Gasteiger partial charge >= 0.3 is 41.6 Å². The fraction of sp³-hybridized carbons (Fsp3) is 1.00. The van der Waals surface area contributed by atoms with Crippen LogP contribution in [0.3, 0.4) is 0 Å². The van der Waals surface area contributed by atoms with E-state index >= 15 is 0 Å². The maximum absolute atomic E-state index is 11.9. The van der Waals surface area contributed by atoms with Crippen LogP contribution in [0.2, 0.25) is 0 Å². The molecule has 10 N–H and O–H groups in total. The summed E-state index contributed by atoms with van der Waals surface area (Å²) in [6, 6.07) is 0. The molecule has 0 radical (unpaired) electrons. The third-order valence-corrected chi connectivity index (χ3v) is 10.7. The maximum atomic E-state index is 11.9. The Bertz CT molecular complexity index is 1810. The second kappa shape index (κ2) is 18.1. The number of aliphatic hydroxyl groups is 6. The van der Waals surface area contributed by atoms with Crippen LogP contribution in [0.25, 0.3) is 0 Å². The van der Waals surface area contributed by atoms with Crippen LogP contribution in [0.4, 0.5) is 0 Å². The van der Waals surface area contributed by atoms with Crippen molar-refractivity contribution >= 4 is 41.6 Å². The summed E-state index contributed by atoms with van der Waals surface area (Å²) in [6.45, 7) is 4.28. The van der Waals surface area contributed by atoms with Gasteiger partial charge in [-0.05, 0) is 27.7 Å². The molecule has 4 aliphatic heterocycles. The SMILES string of the molecule is C[C@@H]1O[C@@H](O[C@H]2[C@H](O)[C@H](O[C@H]3[C@H](O)[C@H](O[C@H]4[C@H](O)[C@H](O)O[C@@H](C)[C@H]4OS(=O)(=O)O)O[C@@H](C)[C@H]3OS(=O)(=O)O)O[C@@H](C)[C@H]2OS(=O)(=O)O)[C@@H](O)[C@H](O)[C@@H]1OS(=O)(=O)O. The fourth-order valence-corrected chi connectivity index (χ4v) is 8.54. The van der Waals surface area contributed by atoms with Crippen LogP contribution >= 0.6 is 0 Å². The third-order valence-electron chi connectivity index (χ3n) is 8.85. The first-order valence-electron chi connectivity index (χ1n) is 16.2. The zero-order valence-electron chi connectivity index (χ0n) is 29.4. The van der Waals surface area contributed by atoms with Gasteiger partial charge in [0, 0.05) is 0 Å². The number of rotatable bonds is 14. The molecular formula is C24H42O29S4. The molecule has 0 amide bonds. The molecule has 0 bridgehead atoms. The summed E-state index contributed by atoms with van der Waals surface area (Å²) in [7, 11) is -21.4. The highest BCUT2D eigenvalue weighted by Crippen LogP contribution is 2.37. The van der Waals surface area contributed by atoms with Crippen molar-refractivity contribution in [2.75, 3.05) is 0 Å². The highest BCUT2D eigenvalue weighted by atomic mass is 32.3. The Morgan fingerprint density at radius 1 is 0.351 bits per heavy atom. The van der Waals surface area contributed by atoms with Gasteiger partial charge < -0.3 is 63.8 Å². The lowest BCUT2D eigenvalue weighted by atomic mass is 9.96. The van der Waals surface area contributed by atoms with Crippen molar-refractivity contribution in [3.05, 3.63) is 0 Å². The van der Waals surface area contributed by atoms with E-state index in [0.29, 0.717) is 0 Å². The molecule has 29 nitrogen and oxygen atoms in total. The minimum Gasteiger partial charge on any atom is -0.387 e. The quantitative estimate of drug-likeness (QED) is 0.0724. The molecule has 0 unspecified atom stereocenters. The fourth-order valence-electron chi connectivity index (χ4n) is 6.35. The molecule has 4 heterocycles. The summed E-state index contributed by atoms with van der Waals surface area (Å²) in [5, 5.41) is 64.8. The van der Waals surface area contributed by atoms with Gasteiger partial charge in [-0.25, -0.2) is 16.7 Å². The zero-order chi connectivity index (χ0) is 43.3. The maximum Gasteiger partial charge on any atom is 0.397 e. The van der Waals surface area contributed by atoms with Gasteiger partial charge in [-0.2, -0.15) is 33.7 Å². The molecule has 20 atom stereocenters. The largest absolute Gasteiger partial charge is 0.397 e. The number of ether oxygens (including phenoxy) is 7. The molecule has 4 saturated heterocycles. The Morgan fingerprint density at radius 2 is 0.614 bits per heavy atom. The average molecular weight is 923 g/mol. The second-order valence-electron chi connectivity index (χ2n) is 13.1. The number of aliphatic hydroxyl groups excluding tert-OH is 6. The summed E-state index contributed by atoms with van der Waals surface area (Å²) >= 11 is 0. The predicted molar refractivity (Wildman–Crippen MR) is 170 cm³/mol. The first-order valence-corrected chi connectivity index (χ1v) is 21.6. The van der Waals surface area contributed by atoms with Crippen LogP contribution in [0.15, 0.2) is 0 Å². The van der Waals surface area contributed by atoms with Crippen LogP contribution in [0.1, 0.15) is 27.7 Å². The molecule has 0 aromatic rings. The van der Waals surface area contributed by atoms with Crippen molar-refractivity contribution in [3.8, 4) is 0 Å². The molecule has 0 aliphatic carbocycles. The second-order valence-corrected chi connectivity index (χ2v) is 17.3. The van der Waals surface area contributed by atoms with Gasteiger partial charge in [-0.15, -0.1) is 0 Å². The van der Waals surface area contributed by atoms with Gasteiger partial charge in [-0.3, -0.25) is 18.2 Å². The summed E-state index contributed by atoms with van der Waals surface area (Å²) in [5.41, 5.74) is 0. The van der Waals surface area contributed by atoms with Gasteiger partial charge in [0.1, 0.15) is 73.2 Å². The van der Waals surface area contributed by atoms with E-state index in [1.165, 1.54) is 0 Å². The van der Waals surface area contributed by atoms with Crippen LogP contribution in [-0.4, -0.2) is 205 Å². The summed E-state index contributed by atoms with van der Waals surface area (Å²) in [4.78, 5) is 0. The topological polar surface area (TPSA) is 440 Å². The van der Waals surface area contributed by atoms with Gasteiger partial charge in [0.15, 0.2) is 25.2 Å². The van der Waals surface area contributed by atoms with Gasteiger partial charge in [0.25, 0.3) is 0 Å². The molecule has 0 saturated carbocycles. The molecule has 4 fully saturated rings. The normalized spacial score (nSPS) is 45.4. The molecule has 0 spiro atoms. The van der Waals surface area contributed by atoms with Crippen molar-refractivity contribution in [2.45, 2.75) is 151 Å². The van der Waals surface area contributed by atoms with Crippen molar-refractivity contribution in [1.82, 2.24) is 0 Å². The van der Waals surface area contributed by atoms with E-state index in [4.69, 9.17) is 37.7 Å². The first-order chi connectivity index (χ1) is 25.9. The first kappa shape index (κ1) is 48.6. The van der Waals surface area contributed by atoms with E-state index < -0.39 is 164 Å². The minimum absolute atomic E-state index is 1.04. The monoisotopic (exact) mass is 922 g/mol. The summed E-state index contributed by atoms with van der Waals surface area (Å²) in [6.07, 6.45) is -41.2. The number of hydrogen-bond donors (Lipinski definition) is 10. The van der Waals surface area contributed by atoms with Crippen LogP contribution in [0, 0.1) is 0 Å². The number of hydrogen-bond acceptors (Lipinski definition) is 25. The zero-order valence-corrected chi connectivity index (χ0v) is 32.7. The molecule has 33 heteroatoms. The van der Waals surface area contributed by atoms with Gasteiger partial charge in [0.05, 0.1) is 24.4 Å². The highest BCUT2D eigenvalue weighted by molar-refractivity contribution is 7.81. The van der Waals surface area contributed by atoms with Crippen LogP contribution in [-0.2, 0) is 91.5 Å². The Labute approximate surface area is 323 Å². The Morgan fingerprint density at radius 3 is 0.947 bits per heavy atom. The molecule has 0 aromatic heterocycles. The Balaban J connectivity index is 1.67. The van der Waals surface area contributed by atoms with Crippen molar-refractivity contribution in [2.24, 2.45) is 0 Å². The Hall–Kier alpha value is -1.04. The minimum atomic E-state index is -5.46. The lowest BCUT2D eigenvalue weighted by molar-refractivity contribution is -0.380. The molecule has 4 rings (SSSR count). The van der Waals surface area contributed by atoms with Crippen LogP contribution in [0.5, 0.6) is 0 Å². The van der Waals surface area contributed by atoms with Crippen molar-refractivity contribution in [1.29, 1.82) is 0 Å².